The van der Waals surface area contributed by atoms with E-state index in [4.69, 9.17) is 15.8 Å². The number of benzene rings is 1. The lowest BCUT2D eigenvalue weighted by Crippen LogP contribution is -2.09. The lowest BCUT2D eigenvalue weighted by molar-refractivity contribution is 0.306. The Bertz CT molecular complexity index is 575. The number of nitrogens with two attached hydrogens (primary N) is 1. The first kappa shape index (κ1) is 12.9. The van der Waals surface area contributed by atoms with Gasteiger partial charge in [-0.15, -0.1) is 0 Å². The summed E-state index contributed by atoms with van der Waals surface area (Å²) in [6, 6.07) is 13.3. The summed E-state index contributed by atoms with van der Waals surface area (Å²) in [7, 11) is 0. The molecule has 0 bridgehead atoms. The summed E-state index contributed by atoms with van der Waals surface area (Å²) in [4.78, 5) is 4.02. The van der Waals surface area contributed by atoms with E-state index >= 15 is 0 Å². The fraction of sp³-hybridized carbons (Fsp3) is 0.143. The van der Waals surface area contributed by atoms with Crippen LogP contribution in [0, 0.1) is 11.3 Å². The van der Waals surface area contributed by atoms with Crippen molar-refractivity contribution in [2.45, 2.75) is 13.0 Å². The molecule has 19 heavy (non-hydrogen) atoms. The highest BCUT2D eigenvalue weighted by molar-refractivity contribution is 5.36. The summed E-state index contributed by atoms with van der Waals surface area (Å²) in [5.74, 6) is 6.66. The van der Waals surface area contributed by atoms with Crippen LogP contribution < -0.4 is 16.0 Å². The molecule has 0 fully saturated rings. The van der Waals surface area contributed by atoms with Crippen molar-refractivity contribution in [3.63, 3.8) is 0 Å². The van der Waals surface area contributed by atoms with Crippen molar-refractivity contribution in [3.05, 3.63) is 53.7 Å². The third-order valence-corrected chi connectivity index (χ3v) is 2.58. The molecule has 2 rings (SSSR count). The molecule has 0 amide bonds. The van der Waals surface area contributed by atoms with Gasteiger partial charge in [-0.1, -0.05) is 12.1 Å². The zero-order valence-electron chi connectivity index (χ0n) is 10.3. The maximum absolute atomic E-state index is 8.59. The van der Waals surface area contributed by atoms with E-state index in [0.29, 0.717) is 18.8 Å². The molecule has 1 aromatic carbocycles. The summed E-state index contributed by atoms with van der Waals surface area (Å²) >= 11 is 0. The van der Waals surface area contributed by atoms with E-state index in [9.17, 15) is 0 Å². The Balaban J connectivity index is 1.96. The number of rotatable bonds is 5. The van der Waals surface area contributed by atoms with E-state index < -0.39 is 0 Å². The van der Waals surface area contributed by atoms with Crippen molar-refractivity contribution in [2.75, 3.05) is 5.43 Å². The van der Waals surface area contributed by atoms with Gasteiger partial charge in [0, 0.05) is 6.20 Å². The number of aromatic nitrogens is 1. The van der Waals surface area contributed by atoms with Gasteiger partial charge in [-0.3, -0.25) is 0 Å². The molecule has 0 radical (unpaired) electrons. The molecule has 0 aliphatic heterocycles. The standard InChI is InChI=1S/C14H14N4O/c15-7-5-11-1-3-13(4-2-11)19-10-12-6-8-17-14(9-12)18-16/h1-4,6,8-9H,5,10,16H2,(H,17,18). The highest BCUT2D eigenvalue weighted by atomic mass is 16.5. The second-order valence-corrected chi connectivity index (χ2v) is 3.96. The molecule has 5 nitrogen and oxygen atoms in total. The van der Waals surface area contributed by atoms with Crippen LogP contribution in [0.5, 0.6) is 5.75 Å². The number of nitrogens with zero attached hydrogens (tertiary/aromatic N) is 2. The van der Waals surface area contributed by atoms with Gasteiger partial charge in [0.1, 0.15) is 18.2 Å². The molecule has 0 unspecified atom stereocenters. The average molecular weight is 254 g/mol. The Morgan fingerprint density at radius 2 is 2.00 bits per heavy atom. The summed E-state index contributed by atoms with van der Waals surface area (Å²) in [6.07, 6.45) is 2.08. The molecule has 1 heterocycles. The fourth-order valence-electron chi connectivity index (χ4n) is 1.60. The molecule has 2 aromatic rings. The van der Waals surface area contributed by atoms with Crippen LogP contribution in [0.1, 0.15) is 11.1 Å². The van der Waals surface area contributed by atoms with Crippen LogP contribution in [0.3, 0.4) is 0 Å². The number of ether oxygens (including phenoxy) is 1. The maximum atomic E-state index is 8.59. The minimum atomic E-state index is 0.413. The van der Waals surface area contributed by atoms with E-state index in [0.717, 1.165) is 16.9 Å². The number of nitriles is 1. The Hall–Kier alpha value is -2.58. The largest absolute Gasteiger partial charge is 0.489 e. The number of hydrogen-bond donors (Lipinski definition) is 2. The van der Waals surface area contributed by atoms with Gasteiger partial charge in [0.2, 0.25) is 0 Å². The van der Waals surface area contributed by atoms with Crippen molar-refractivity contribution in [3.8, 4) is 11.8 Å². The van der Waals surface area contributed by atoms with Crippen LogP contribution in [-0.4, -0.2) is 4.98 Å². The predicted molar refractivity (Wildman–Crippen MR) is 72.1 cm³/mol. The lowest BCUT2D eigenvalue weighted by atomic mass is 10.2. The number of hydrogen-bond acceptors (Lipinski definition) is 5. The van der Waals surface area contributed by atoms with Gasteiger partial charge in [-0.25, -0.2) is 10.8 Å². The summed E-state index contributed by atoms with van der Waals surface area (Å²) in [6.45, 7) is 0.439. The Kier molecular flexibility index (Phi) is 4.32. The SMILES string of the molecule is N#CCc1ccc(OCc2ccnc(NN)c2)cc1. The number of nitrogen functional groups attached to an aromatic ring is 1. The van der Waals surface area contributed by atoms with Gasteiger partial charge in [0.15, 0.2) is 0 Å². The second kappa shape index (κ2) is 6.38. The van der Waals surface area contributed by atoms with Crippen molar-refractivity contribution < 1.29 is 4.74 Å². The first-order valence-electron chi connectivity index (χ1n) is 5.82. The zero-order valence-corrected chi connectivity index (χ0v) is 10.3. The Morgan fingerprint density at radius 3 is 2.68 bits per heavy atom. The van der Waals surface area contributed by atoms with Gasteiger partial charge < -0.3 is 10.2 Å². The van der Waals surface area contributed by atoms with E-state index in [1.54, 1.807) is 6.20 Å². The summed E-state index contributed by atoms with van der Waals surface area (Å²) in [5, 5.41) is 8.59. The lowest BCUT2D eigenvalue weighted by Gasteiger charge is -2.07. The molecule has 0 aliphatic carbocycles. The first-order chi connectivity index (χ1) is 9.31. The molecule has 0 aliphatic rings. The number of nitrogens with one attached hydrogen (secondary N) is 1. The highest BCUT2D eigenvalue weighted by Gasteiger charge is 1.99. The number of hydrazine groups is 1. The highest BCUT2D eigenvalue weighted by Crippen LogP contribution is 2.15. The van der Waals surface area contributed by atoms with Crippen LogP contribution in [0.4, 0.5) is 5.82 Å². The maximum Gasteiger partial charge on any atom is 0.140 e. The first-order valence-corrected chi connectivity index (χ1v) is 5.82. The van der Waals surface area contributed by atoms with Crippen molar-refractivity contribution in [1.29, 1.82) is 5.26 Å². The zero-order chi connectivity index (χ0) is 13.5. The Labute approximate surface area is 111 Å². The topological polar surface area (TPSA) is 84.0 Å². The summed E-state index contributed by atoms with van der Waals surface area (Å²) < 4.78 is 5.65. The minimum Gasteiger partial charge on any atom is -0.489 e. The van der Waals surface area contributed by atoms with Crippen LogP contribution >= 0.6 is 0 Å². The molecule has 96 valence electrons. The van der Waals surface area contributed by atoms with Crippen LogP contribution in [-0.2, 0) is 13.0 Å². The molecule has 0 atom stereocenters. The van der Waals surface area contributed by atoms with Crippen LogP contribution in [0.25, 0.3) is 0 Å². The van der Waals surface area contributed by atoms with Gasteiger partial charge in [-0.2, -0.15) is 5.26 Å². The minimum absolute atomic E-state index is 0.413. The molecule has 0 saturated heterocycles. The number of pyridine rings is 1. The molecule has 3 N–H and O–H groups in total. The van der Waals surface area contributed by atoms with Crippen LogP contribution in [0.15, 0.2) is 42.6 Å². The van der Waals surface area contributed by atoms with Gasteiger partial charge >= 0.3 is 0 Å². The third-order valence-electron chi connectivity index (χ3n) is 2.58. The van der Waals surface area contributed by atoms with Crippen molar-refractivity contribution >= 4 is 5.82 Å². The summed E-state index contributed by atoms with van der Waals surface area (Å²) in [5.41, 5.74) is 4.45. The van der Waals surface area contributed by atoms with E-state index in [1.807, 2.05) is 36.4 Å². The molecular formula is C14H14N4O. The third kappa shape index (κ3) is 3.69. The van der Waals surface area contributed by atoms with E-state index in [1.165, 1.54) is 0 Å². The molecule has 0 saturated carbocycles. The second-order valence-electron chi connectivity index (χ2n) is 3.96. The van der Waals surface area contributed by atoms with Gasteiger partial charge in [0.25, 0.3) is 0 Å². The number of anilines is 1. The van der Waals surface area contributed by atoms with Crippen LogP contribution in [0.2, 0.25) is 0 Å². The van der Waals surface area contributed by atoms with Gasteiger partial charge in [0.05, 0.1) is 12.5 Å². The molecule has 0 spiro atoms. The fourth-order valence-corrected chi connectivity index (χ4v) is 1.60. The van der Waals surface area contributed by atoms with E-state index in [-0.39, 0.29) is 0 Å². The van der Waals surface area contributed by atoms with Gasteiger partial charge in [-0.05, 0) is 35.4 Å². The average Bonchev–Trinajstić information content (AvgIpc) is 2.47. The van der Waals surface area contributed by atoms with Crippen molar-refractivity contribution in [2.24, 2.45) is 5.84 Å². The Morgan fingerprint density at radius 1 is 1.21 bits per heavy atom. The molecule has 1 aromatic heterocycles. The van der Waals surface area contributed by atoms with Crippen molar-refractivity contribution in [1.82, 2.24) is 4.98 Å². The molecule has 5 heteroatoms. The molecular weight excluding hydrogens is 240 g/mol. The predicted octanol–water partition coefficient (Wildman–Crippen LogP) is 2.01. The quantitative estimate of drug-likeness (QED) is 0.630. The smallest absolute Gasteiger partial charge is 0.140 e. The monoisotopic (exact) mass is 254 g/mol. The van der Waals surface area contributed by atoms with E-state index in [2.05, 4.69) is 16.5 Å². The normalized spacial score (nSPS) is 9.68.